The average Bonchev–Trinajstić information content (AvgIpc) is 2.63. The van der Waals surface area contributed by atoms with Crippen molar-refractivity contribution in [2.45, 2.75) is 6.92 Å². The lowest BCUT2D eigenvalue weighted by molar-refractivity contribution is 0.102. The van der Waals surface area contributed by atoms with Crippen molar-refractivity contribution in [2.24, 2.45) is 0 Å². The fourth-order valence-corrected chi connectivity index (χ4v) is 1.56. The van der Waals surface area contributed by atoms with Crippen molar-refractivity contribution in [1.82, 2.24) is 9.97 Å². The molecule has 0 saturated carbocycles. The Kier molecular flexibility index (Phi) is 3.36. The summed E-state index contributed by atoms with van der Waals surface area (Å²) in [4.78, 5) is 18.5. The summed E-state index contributed by atoms with van der Waals surface area (Å²) >= 11 is 11.5. The maximum atomic E-state index is 11.8. The highest BCUT2D eigenvalue weighted by molar-refractivity contribution is 6.41. The first-order valence-corrected chi connectivity index (χ1v) is 5.60. The van der Waals surface area contributed by atoms with Gasteiger partial charge in [0.25, 0.3) is 5.91 Å². The van der Waals surface area contributed by atoms with Crippen molar-refractivity contribution in [3.8, 4) is 0 Å². The molecule has 0 aliphatic rings. The smallest absolute Gasteiger partial charge is 0.273 e. The largest absolute Gasteiger partial charge is 0.340 e. The molecule has 0 bridgehead atoms. The van der Waals surface area contributed by atoms with Crippen LogP contribution in [0.25, 0.3) is 0 Å². The van der Waals surface area contributed by atoms with Crippen LogP contribution in [0.4, 0.5) is 5.82 Å². The molecule has 1 amide bonds. The van der Waals surface area contributed by atoms with E-state index in [-0.39, 0.29) is 11.1 Å². The summed E-state index contributed by atoms with van der Waals surface area (Å²) < 4.78 is 0. The van der Waals surface area contributed by atoms with E-state index in [1.54, 1.807) is 12.3 Å². The molecule has 2 aromatic rings. The minimum atomic E-state index is -0.338. The van der Waals surface area contributed by atoms with Crippen LogP contribution >= 0.6 is 23.2 Å². The van der Waals surface area contributed by atoms with E-state index in [1.807, 2.05) is 13.0 Å². The van der Waals surface area contributed by atoms with Crippen LogP contribution in [-0.2, 0) is 0 Å². The first-order valence-electron chi connectivity index (χ1n) is 4.84. The molecule has 0 unspecified atom stereocenters. The Hall–Kier alpha value is -1.52. The number of anilines is 1. The van der Waals surface area contributed by atoms with Crippen molar-refractivity contribution in [1.29, 1.82) is 0 Å². The topological polar surface area (TPSA) is 57.8 Å². The van der Waals surface area contributed by atoms with E-state index in [1.165, 1.54) is 6.07 Å². The van der Waals surface area contributed by atoms with Crippen LogP contribution in [0.15, 0.2) is 24.4 Å². The fraction of sp³-hybridized carbons (Fsp3) is 0.0909. The van der Waals surface area contributed by atoms with Gasteiger partial charge in [-0.05, 0) is 24.6 Å². The zero-order chi connectivity index (χ0) is 12.4. The molecule has 17 heavy (non-hydrogen) atoms. The Balaban J connectivity index is 2.14. The zero-order valence-electron chi connectivity index (χ0n) is 8.92. The second-order valence-corrected chi connectivity index (χ2v) is 4.31. The van der Waals surface area contributed by atoms with Gasteiger partial charge in [0.05, 0.1) is 5.02 Å². The van der Waals surface area contributed by atoms with Gasteiger partial charge in [0.2, 0.25) is 0 Å². The van der Waals surface area contributed by atoms with Gasteiger partial charge in [-0.1, -0.05) is 29.3 Å². The molecule has 0 atom stereocenters. The molecule has 0 aromatic carbocycles. The number of halogens is 2. The third-order valence-corrected chi connectivity index (χ3v) is 2.82. The van der Waals surface area contributed by atoms with Crippen molar-refractivity contribution >= 4 is 34.9 Å². The molecule has 2 N–H and O–H groups in total. The summed E-state index contributed by atoms with van der Waals surface area (Å²) in [6.45, 7) is 1.92. The number of hydrogen-bond acceptors (Lipinski definition) is 2. The highest BCUT2D eigenvalue weighted by atomic mass is 35.5. The number of aryl methyl sites for hydroxylation is 1. The predicted molar refractivity (Wildman–Crippen MR) is 67.7 cm³/mol. The molecule has 0 radical (unpaired) electrons. The highest BCUT2D eigenvalue weighted by Crippen LogP contribution is 2.22. The molecule has 88 valence electrons. The van der Waals surface area contributed by atoms with E-state index < -0.39 is 0 Å². The normalized spacial score (nSPS) is 10.3. The number of pyridine rings is 1. The van der Waals surface area contributed by atoms with Crippen LogP contribution in [0.3, 0.4) is 0 Å². The van der Waals surface area contributed by atoms with Gasteiger partial charge in [-0.25, -0.2) is 4.98 Å². The predicted octanol–water partition coefficient (Wildman–Crippen LogP) is 3.28. The van der Waals surface area contributed by atoms with Gasteiger partial charge in [0.15, 0.2) is 0 Å². The van der Waals surface area contributed by atoms with Crippen LogP contribution in [0, 0.1) is 6.92 Å². The van der Waals surface area contributed by atoms with Gasteiger partial charge in [-0.3, -0.25) is 4.79 Å². The molecular weight excluding hydrogens is 261 g/mol. The number of carbonyl (C=O) groups excluding carboxylic acids is 1. The maximum absolute atomic E-state index is 11.8. The summed E-state index contributed by atoms with van der Waals surface area (Å²) in [6.07, 6.45) is 1.67. The molecule has 0 aliphatic carbocycles. The van der Waals surface area contributed by atoms with Crippen molar-refractivity contribution in [3.63, 3.8) is 0 Å². The van der Waals surface area contributed by atoms with Crippen LogP contribution in [-0.4, -0.2) is 15.9 Å². The van der Waals surface area contributed by atoms with Gasteiger partial charge in [0, 0.05) is 6.20 Å². The van der Waals surface area contributed by atoms with E-state index in [2.05, 4.69) is 15.3 Å². The lowest BCUT2D eigenvalue weighted by Gasteiger charge is -2.02. The monoisotopic (exact) mass is 269 g/mol. The fourth-order valence-electron chi connectivity index (χ4n) is 1.25. The lowest BCUT2D eigenvalue weighted by Crippen LogP contribution is -2.13. The molecule has 0 saturated heterocycles. The summed E-state index contributed by atoms with van der Waals surface area (Å²) in [5, 5.41) is 3.19. The molecule has 4 nitrogen and oxygen atoms in total. The van der Waals surface area contributed by atoms with Crippen molar-refractivity contribution in [3.05, 3.63) is 45.8 Å². The third kappa shape index (κ3) is 2.78. The minimum Gasteiger partial charge on any atom is -0.340 e. The highest BCUT2D eigenvalue weighted by Gasteiger charge is 2.11. The minimum absolute atomic E-state index is 0.244. The van der Waals surface area contributed by atoms with Gasteiger partial charge < -0.3 is 10.3 Å². The number of nitrogens with zero attached hydrogens (tertiary/aromatic N) is 1. The molecule has 2 aromatic heterocycles. The number of hydrogen-bond donors (Lipinski definition) is 2. The number of H-pyrrole nitrogens is 1. The Morgan fingerprint density at radius 1 is 1.41 bits per heavy atom. The first kappa shape index (κ1) is 12.0. The van der Waals surface area contributed by atoms with E-state index in [0.717, 1.165) is 5.56 Å². The van der Waals surface area contributed by atoms with Gasteiger partial charge >= 0.3 is 0 Å². The van der Waals surface area contributed by atoms with Crippen molar-refractivity contribution < 1.29 is 4.79 Å². The number of amides is 1. The van der Waals surface area contributed by atoms with Crippen LogP contribution in [0.5, 0.6) is 0 Å². The standard InChI is InChI=1S/C11H9Cl2N3O/c1-6-2-3-9(14-5-6)16-11(17)8-4-7(12)10(13)15-8/h2-5,15H,1H3,(H,14,16,17). The molecule has 0 aliphatic heterocycles. The Morgan fingerprint density at radius 3 is 2.71 bits per heavy atom. The quantitative estimate of drug-likeness (QED) is 0.879. The average molecular weight is 270 g/mol. The van der Waals surface area contributed by atoms with E-state index in [9.17, 15) is 4.79 Å². The second-order valence-electron chi connectivity index (χ2n) is 3.52. The maximum Gasteiger partial charge on any atom is 0.273 e. The van der Waals surface area contributed by atoms with E-state index in [0.29, 0.717) is 16.5 Å². The number of aromatic nitrogens is 2. The van der Waals surface area contributed by atoms with Crippen LogP contribution in [0.1, 0.15) is 16.1 Å². The van der Waals surface area contributed by atoms with Gasteiger partial charge in [-0.2, -0.15) is 0 Å². The second kappa shape index (κ2) is 4.77. The molecular formula is C11H9Cl2N3O. The number of nitrogens with one attached hydrogen (secondary N) is 2. The molecule has 2 rings (SSSR count). The molecule has 6 heteroatoms. The number of carbonyl (C=O) groups is 1. The van der Waals surface area contributed by atoms with E-state index >= 15 is 0 Å². The molecule has 0 fully saturated rings. The molecule has 2 heterocycles. The van der Waals surface area contributed by atoms with Gasteiger partial charge in [-0.15, -0.1) is 0 Å². The Labute approximate surface area is 108 Å². The summed E-state index contributed by atoms with van der Waals surface area (Å²) in [5.74, 6) is 0.137. The summed E-state index contributed by atoms with van der Waals surface area (Å²) in [5.41, 5.74) is 1.32. The van der Waals surface area contributed by atoms with Crippen molar-refractivity contribution in [2.75, 3.05) is 5.32 Å². The number of rotatable bonds is 2. The first-order chi connectivity index (χ1) is 8.06. The SMILES string of the molecule is Cc1ccc(NC(=O)c2cc(Cl)c(Cl)[nH]2)nc1. The molecule has 0 spiro atoms. The Morgan fingerprint density at radius 2 is 2.18 bits per heavy atom. The van der Waals surface area contributed by atoms with Crippen LogP contribution in [0.2, 0.25) is 10.2 Å². The van der Waals surface area contributed by atoms with E-state index in [4.69, 9.17) is 23.2 Å². The zero-order valence-corrected chi connectivity index (χ0v) is 10.4. The van der Waals surface area contributed by atoms with Crippen LogP contribution < -0.4 is 5.32 Å². The Bertz CT molecular complexity index is 529. The number of aromatic amines is 1. The lowest BCUT2D eigenvalue weighted by atomic mass is 10.3. The third-order valence-electron chi connectivity index (χ3n) is 2.12. The summed E-state index contributed by atoms with van der Waals surface area (Å²) in [6, 6.07) is 5.05. The summed E-state index contributed by atoms with van der Waals surface area (Å²) in [7, 11) is 0. The van der Waals surface area contributed by atoms with Gasteiger partial charge in [0.1, 0.15) is 16.7 Å².